The highest BCUT2D eigenvalue weighted by Crippen LogP contribution is 2.31. The minimum Gasteiger partial charge on any atom is -0.484 e. The summed E-state index contributed by atoms with van der Waals surface area (Å²) in [6.45, 7) is 1.26. The Morgan fingerprint density at radius 3 is 2.35 bits per heavy atom. The van der Waals surface area contributed by atoms with Crippen molar-refractivity contribution in [1.82, 2.24) is 15.3 Å². The summed E-state index contributed by atoms with van der Waals surface area (Å²) in [7, 11) is 1.20. The second kappa shape index (κ2) is 11.4. The van der Waals surface area contributed by atoms with Crippen LogP contribution in [0.25, 0.3) is 10.9 Å². The second-order valence-corrected chi connectivity index (χ2v) is 8.33. The fourth-order valence-corrected chi connectivity index (χ4v) is 3.70. The first kappa shape index (κ1) is 25.4. The van der Waals surface area contributed by atoms with E-state index in [2.05, 4.69) is 15.3 Å². The Balaban J connectivity index is 1.84. The highest BCUT2D eigenvalue weighted by Gasteiger charge is 2.26. The van der Waals surface area contributed by atoms with Gasteiger partial charge in [0.2, 0.25) is 0 Å². The molecule has 2 aromatic carbocycles. The Bertz CT molecular complexity index is 1460. The SMILES string of the molecule is COC(=O)c1nc(C(=O)NCC(C)=O)c2cc(Cc3ccc(F)cc3)cnc2c1OCc1ccccc1. The number of ether oxygens (including phenoxy) is 2. The molecule has 188 valence electrons. The lowest BCUT2D eigenvalue weighted by Crippen LogP contribution is -2.30. The molecule has 0 fully saturated rings. The van der Waals surface area contributed by atoms with E-state index in [4.69, 9.17) is 9.47 Å². The number of aromatic nitrogens is 2. The maximum atomic E-state index is 13.3. The first-order valence-corrected chi connectivity index (χ1v) is 11.5. The predicted molar refractivity (Wildman–Crippen MR) is 134 cm³/mol. The number of hydrogen-bond donors (Lipinski definition) is 1. The van der Waals surface area contributed by atoms with Gasteiger partial charge in [-0.1, -0.05) is 42.5 Å². The van der Waals surface area contributed by atoms with Crippen LogP contribution in [0.3, 0.4) is 0 Å². The molecule has 0 saturated heterocycles. The molecule has 1 N–H and O–H groups in total. The number of halogens is 1. The maximum absolute atomic E-state index is 13.3. The Morgan fingerprint density at radius 2 is 1.68 bits per heavy atom. The summed E-state index contributed by atoms with van der Waals surface area (Å²) >= 11 is 0. The van der Waals surface area contributed by atoms with Gasteiger partial charge in [-0.2, -0.15) is 0 Å². The lowest BCUT2D eigenvalue weighted by atomic mass is 10.0. The number of fused-ring (bicyclic) bond motifs is 1. The van der Waals surface area contributed by atoms with Gasteiger partial charge in [-0.25, -0.2) is 14.2 Å². The fourth-order valence-electron chi connectivity index (χ4n) is 3.70. The van der Waals surface area contributed by atoms with Crippen LogP contribution in [-0.2, 0) is 22.6 Å². The van der Waals surface area contributed by atoms with Crippen molar-refractivity contribution in [3.8, 4) is 5.75 Å². The number of nitrogens with zero attached hydrogens (tertiary/aromatic N) is 2. The first-order chi connectivity index (χ1) is 17.9. The summed E-state index contributed by atoms with van der Waals surface area (Å²) < 4.78 is 24.2. The van der Waals surface area contributed by atoms with E-state index < -0.39 is 11.9 Å². The normalized spacial score (nSPS) is 10.7. The van der Waals surface area contributed by atoms with E-state index in [1.54, 1.807) is 24.4 Å². The third-order valence-electron chi connectivity index (χ3n) is 5.49. The van der Waals surface area contributed by atoms with E-state index in [0.717, 1.165) is 16.7 Å². The van der Waals surface area contributed by atoms with Crippen LogP contribution in [0.2, 0.25) is 0 Å². The van der Waals surface area contributed by atoms with E-state index in [0.29, 0.717) is 11.8 Å². The van der Waals surface area contributed by atoms with Gasteiger partial charge >= 0.3 is 5.97 Å². The smallest absolute Gasteiger partial charge is 0.360 e. The number of ketones is 1. The molecule has 0 spiro atoms. The van der Waals surface area contributed by atoms with Crippen LogP contribution in [0, 0.1) is 5.82 Å². The standard InChI is InChI=1S/C28H24FN3O5/c1-17(33)14-31-27(34)24-22-13-20(12-18-8-10-21(29)11-9-18)15-30-23(22)26(25(32-24)28(35)36-2)37-16-19-6-4-3-5-7-19/h3-11,13,15H,12,14,16H2,1-2H3,(H,31,34). The molecule has 4 aromatic rings. The largest absolute Gasteiger partial charge is 0.484 e. The van der Waals surface area contributed by atoms with Crippen LogP contribution in [0.4, 0.5) is 4.39 Å². The van der Waals surface area contributed by atoms with Crippen molar-refractivity contribution in [2.45, 2.75) is 20.0 Å². The van der Waals surface area contributed by atoms with Crippen LogP contribution in [-0.4, -0.2) is 41.3 Å². The number of carbonyl (C=O) groups excluding carboxylic acids is 3. The topological polar surface area (TPSA) is 107 Å². The molecule has 2 aromatic heterocycles. The van der Waals surface area contributed by atoms with Crippen LogP contribution >= 0.6 is 0 Å². The third-order valence-corrected chi connectivity index (χ3v) is 5.49. The average Bonchev–Trinajstić information content (AvgIpc) is 2.91. The van der Waals surface area contributed by atoms with Crippen LogP contribution < -0.4 is 10.1 Å². The predicted octanol–water partition coefficient (Wildman–Crippen LogP) is 4.04. The Morgan fingerprint density at radius 1 is 0.946 bits per heavy atom. The molecule has 0 aliphatic rings. The number of rotatable bonds is 9. The first-order valence-electron chi connectivity index (χ1n) is 11.5. The number of carbonyl (C=O) groups is 3. The maximum Gasteiger partial charge on any atom is 0.360 e. The number of amides is 1. The van der Waals surface area contributed by atoms with E-state index in [1.165, 1.54) is 26.2 Å². The van der Waals surface area contributed by atoms with Gasteiger partial charge in [0.1, 0.15) is 29.4 Å². The number of esters is 1. The summed E-state index contributed by atoms with van der Waals surface area (Å²) in [6, 6.07) is 17.1. The average molecular weight is 502 g/mol. The van der Waals surface area contributed by atoms with Crippen molar-refractivity contribution in [1.29, 1.82) is 0 Å². The van der Waals surface area contributed by atoms with Crippen LogP contribution in [0.15, 0.2) is 66.9 Å². The minimum atomic E-state index is -0.803. The van der Waals surface area contributed by atoms with Gasteiger partial charge in [0.15, 0.2) is 11.4 Å². The molecule has 0 unspecified atom stereocenters. The molecular formula is C28H24FN3O5. The third kappa shape index (κ3) is 6.13. The molecule has 9 heteroatoms. The van der Waals surface area contributed by atoms with Gasteiger partial charge in [0.25, 0.3) is 5.91 Å². The Labute approximate surface area is 212 Å². The van der Waals surface area contributed by atoms with Crippen molar-refractivity contribution in [3.05, 3.63) is 101 Å². The molecule has 37 heavy (non-hydrogen) atoms. The highest BCUT2D eigenvalue weighted by molar-refractivity contribution is 6.09. The van der Waals surface area contributed by atoms with Gasteiger partial charge in [-0.3, -0.25) is 14.6 Å². The number of benzene rings is 2. The van der Waals surface area contributed by atoms with Crippen molar-refractivity contribution >= 4 is 28.6 Å². The zero-order chi connectivity index (χ0) is 26.4. The van der Waals surface area contributed by atoms with Crippen LogP contribution in [0.5, 0.6) is 5.75 Å². The molecule has 1 amide bonds. The second-order valence-electron chi connectivity index (χ2n) is 8.33. The fraction of sp³-hybridized carbons (Fsp3) is 0.179. The van der Waals surface area contributed by atoms with Crippen molar-refractivity contribution in [2.24, 2.45) is 0 Å². The summed E-state index contributed by atoms with van der Waals surface area (Å²) in [4.78, 5) is 46.0. The number of nitrogens with one attached hydrogen (secondary N) is 1. The van der Waals surface area contributed by atoms with E-state index in [9.17, 15) is 18.8 Å². The summed E-state index contributed by atoms with van der Waals surface area (Å²) in [5, 5.41) is 2.84. The Hall–Kier alpha value is -4.66. The molecule has 0 radical (unpaired) electrons. The molecule has 2 heterocycles. The quantitative estimate of drug-likeness (QED) is 0.345. The lowest BCUT2D eigenvalue weighted by molar-refractivity contribution is -0.116. The molecule has 4 rings (SSSR count). The number of hydrogen-bond acceptors (Lipinski definition) is 7. The van der Waals surface area contributed by atoms with Crippen molar-refractivity contribution in [3.63, 3.8) is 0 Å². The van der Waals surface area contributed by atoms with Gasteiger partial charge in [-0.05, 0) is 48.2 Å². The molecule has 0 saturated carbocycles. The molecule has 0 aliphatic carbocycles. The van der Waals surface area contributed by atoms with Gasteiger partial charge in [0.05, 0.1) is 13.7 Å². The van der Waals surface area contributed by atoms with Crippen molar-refractivity contribution < 1.29 is 28.2 Å². The Kier molecular flexibility index (Phi) is 7.83. The molecular weight excluding hydrogens is 477 g/mol. The van der Waals surface area contributed by atoms with Gasteiger partial charge < -0.3 is 14.8 Å². The number of pyridine rings is 2. The van der Waals surface area contributed by atoms with E-state index in [1.807, 2.05) is 30.3 Å². The van der Waals surface area contributed by atoms with Gasteiger partial charge in [-0.15, -0.1) is 0 Å². The van der Waals surface area contributed by atoms with E-state index in [-0.39, 0.29) is 47.4 Å². The highest BCUT2D eigenvalue weighted by atomic mass is 19.1. The molecule has 0 aliphatic heterocycles. The zero-order valence-corrected chi connectivity index (χ0v) is 20.3. The summed E-state index contributed by atoms with van der Waals surface area (Å²) in [5.74, 6) is -1.97. The summed E-state index contributed by atoms with van der Waals surface area (Å²) in [6.07, 6.45) is 2.01. The van der Waals surface area contributed by atoms with Gasteiger partial charge in [0, 0.05) is 11.6 Å². The number of methoxy groups -OCH3 is 1. The lowest BCUT2D eigenvalue weighted by Gasteiger charge is -2.16. The number of Topliss-reactive ketones (excluding diaryl/α,β-unsaturated/α-hetero) is 1. The summed E-state index contributed by atoms with van der Waals surface area (Å²) in [5.41, 5.74) is 2.34. The zero-order valence-electron chi connectivity index (χ0n) is 20.3. The molecule has 0 bridgehead atoms. The monoisotopic (exact) mass is 501 g/mol. The van der Waals surface area contributed by atoms with Crippen LogP contribution in [0.1, 0.15) is 44.6 Å². The molecule has 0 atom stereocenters. The minimum absolute atomic E-state index is 0.0714. The van der Waals surface area contributed by atoms with E-state index >= 15 is 0 Å². The molecule has 8 nitrogen and oxygen atoms in total. The van der Waals surface area contributed by atoms with Crippen molar-refractivity contribution in [2.75, 3.05) is 13.7 Å².